The van der Waals surface area contributed by atoms with E-state index >= 15 is 0 Å². The van der Waals surface area contributed by atoms with E-state index in [0.717, 1.165) is 173 Å². The topological polar surface area (TPSA) is 237 Å². The quantitative estimate of drug-likeness (QED) is 0.0169. The standard InChI is InChI=1S/C81H130O17P2/c1-5-9-13-17-21-25-29-32-35-36-37-38-41-43-47-50-54-58-62-66-79(84)92-72-77(98-81(86)68-64-60-56-52-48-44-40-34-31-27-23-19-15-11-7-3)74-96-100(89,90)94-70-75(82)69-93-99(87,88)95-73-76(97-80(85)67-63-59-55-51-45-28-24-20-16-12-8-4)71-91-78(83)65-61-57-53-49-46-42-39-33-30-26-22-18-14-10-6-2/h9-11,13-15,20-27,32-35,37-40,46,48-49,52,60,64,75-77,82H,5-8,12,16-19,28-31,36,41-45,47,50-51,53-59,61-63,65-74H2,1-4H3,(H,87,88)(H,89,90)/b13-9-,14-10-,15-11-,24-20-,25-21-,26-22-,27-23-,35-32-,38-37-,39-33-,40-34-,49-46-,52-48-,64-60-. The molecule has 5 unspecified atom stereocenters. The molecule has 0 rings (SSSR count). The summed E-state index contributed by atoms with van der Waals surface area (Å²) in [5.41, 5.74) is 0. The number of carbonyl (C=O) groups is 4. The van der Waals surface area contributed by atoms with Crippen molar-refractivity contribution >= 4 is 39.5 Å². The van der Waals surface area contributed by atoms with Crippen LogP contribution in [0.15, 0.2) is 170 Å². The minimum absolute atomic E-state index is 0.0670. The van der Waals surface area contributed by atoms with Crippen molar-refractivity contribution in [3.63, 3.8) is 0 Å². The number of esters is 4. The molecule has 0 spiro atoms. The first-order chi connectivity index (χ1) is 48.7. The van der Waals surface area contributed by atoms with Crippen LogP contribution in [0.5, 0.6) is 0 Å². The number of unbranched alkanes of at least 4 members (excludes halogenated alkanes) is 15. The van der Waals surface area contributed by atoms with Crippen molar-refractivity contribution in [2.75, 3.05) is 39.6 Å². The zero-order chi connectivity index (χ0) is 73.2. The Kier molecular flexibility index (Phi) is 67.8. The highest BCUT2D eigenvalue weighted by atomic mass is 31.2. The number of aliphatic hydroxyl groups excluding tert-OH is 1. The van der Waals surface area contributed by atoms with Gasteiger partial charge in [0.1, 0.15) is 19.3 Å². The Balaban J connectivity index is 5.45. The molecule has 3 N–H and O–H groups in total. The first-order valence-corrected chi connectivity index (χ1v) is 40.4. The fraction of sp³-hybridized carbons (Fsp3) is 0.605. The third-order valence-electron chi connectivity index (χ3n) is 14.7. The van der Waals surface area contributed by atoms with Crippen LogP contribution in [0.25, 0.3) is 0 Å². The molecule has 17 nitrogen and oxygen atoms in total. The summed E-state index contributed by atoms with van der Waals surface area (Å²) in [5, 5.41) is 10.6. The van der Waals surface area contributed by atoms with Crippen LogP contribution in [0.4, 0.5) is 0 Å². The second-order valence-corrected chi connectivity index (χ2v) is 27.0. The molecule has 0 heterocycles. The SMILES string of the molecule is CC/C=C\C/C=C\C/C=C\C/C=C\C/C=C\CC(=O)OC(COC(=O)CCCCCCCC/C=C\C/C=C\C/C=C\C/C=C\CC)COP(=O)(O)OCC(O)COP(=O)(O)OCC(COC(=O)CCCC/C=C\C/C=C\C/C=C\C/C=C\CC)OC(=O)CCCCCCC/C=C\CCCC. The highest BCUT2D eigenvalue weighted by Crippen LogP contribution is 2.45. The lowest BCUT2D eigenvalue weighted by molar-refractivity contribution is -0.161. The molecule has 0 aromatic rings. The van der Waals surface area contributed by atoms with E-state index in [1.54, 1.807) is 12.2 Å². The Labute approximate surface area is 603 Å². The third-order valence-corrected chi connectivity index (χ3v) is 16.6. The Hall–Kier alpha value is -5.58. The fourth-order valence-electron chi connectivity index (χ4n) is 9.08. The largest absolute Gasteiger partial charge is 0.472 e. The molecule has 0 aromatic carbocycles. The highest BCUT2D eigenvalue weighted by Gasteiger charge is 2.30. The highest BCUT2D eigenvalue weighted by molar-refractivity contribution is 7.47. The van der Waals surface area contributed by atoms with Crippen molar-refractivity contribution in [2.45, 2.75) is 277 Å². The van der Waals surface area contributed by atoms with Gasteiger partial charge in [0.2, 0.25) is 0 Å². The number of ether oxygens (including phenoxy) is 4. The molecule has 5 atom stereocenters. The van der Waals surface area contributed by atoms with E-state index in [1.807, 2.05) is 12.2 Å². The summed E-state index contributed by atoms with van der Waals surface area (Å²) in [6.45, 7) is 4.26. The lowest BCUT2D eigenvalue weighted by Gasteiger charge is -2.21. The van der Waals surface area contributed by atoms with Gasteiger partial charge >= 0.3 is 39.5 Å². The second kappa shape index (κ2) is 71.8. The lowest BCUT2D eigenvalue weighted by atomic mass is 10.1. The van der Waals surface area contributed by atoms with Crippen molar-refractivity contribution in [3.05, 3.63) is 170 Å². The molecule has 0 radical (unpaired) electrons. The van der Waals surface area contributed by atoms with Gasteiger partial charge in [-0.2, -0.15) is 0 Å². The molecular weight excluding hydrogens is 1310 g/mol. The van der Waals surface area contributed by atoms with Crippen LogP contribution in [0.3, 0.4) is 0 Å². The summed E-state index contributed by atoms with van der Waals surface area (Å²) in [6, 6.07) is 0. The Morgan fingerprint density at radius 2 is 0.560 bits per heavy atom. The zero-order valence-electron chi connectivity index (χ0n) is 61.5. The van der Waals surface area contributed by atoms with Gasteiger partial charge < -0.3 is 33.8 Å². The van der Waals surface area contributed by atoms with Crippen molar-refractivity contribution in [1.82, 2.24) is 0 Å². The van der Waals surface area contributed by atoms with E-state index < -0.39 is 97.5 Å². The Morgan fingerprint density at radius 3 is 0.920 bits per heavy atom. The van der Waals surface area contributed by atoms with E-state index in [0.29, 0.717) is 25.7 Å². The maximum atomic E-state index is 13.1. The van der Waals surface area contributed by atoms with Gasteiger partial charge in [0.15, 0.2) is 12.2 Å². The van der Waals surface area contributed by atoms with E-state index in [2.05, 4.69) is 174 Å². The molecule has 0 fully saturated rings. The van der Waals surface area contributed by atoms with Crippen molar-refractivity contribution < 1.29 is 80.2 Å². The maximum absolute atomic E-state index is 13.1. The molecule has 0 saturated heterocycles. The number of hydrogen-bond acceptors (Lipinski definition) is 15. The van der Waals surface area contributed by atoms with E-state index in [4.69, 9.17) is 37.0 Å². The summed E-state index contributed by atoms with van der Waals surface area (Å²) in [5.74, 6) is -2.42. The predicted octanol–water partition coefficient (Wildman–Crippen LogP) is 21.4. The number of carbonyl (C=O) groups excluding carboxylic acids is 4. The number of rotatable bonds is 68. The number of phosphoric acid groups is 2. The maximum Gasteiger partial charge on any atom is 0.472 e. The van der Waals surface area contributed by atoms with Crippen LogP contribution in [0.2, 0.25) is 0 Å². The van der Waals surface area contributed by atoms with Gasteiger partial charge in [0.05, 0.1) is 32.8 Å². The number of phosphoric ester groups is 2. The van der Waals surface area contributed by atoms with Gasteiger partial charge in [-0.15, -0.1) is 0 Å². The first kappa shape index (κ1) is 94.4. The molecule has 0 amide bonds. The van der Waals surface area contributed by atoms with Gasteiger partial charge in [-0.1, -0.05) is 256 Å². The second-order valence-electron chi connectivity index (χ2n) is 24.1. The molecule has 0 aromatic heterocycles. The molecule has 0 saturated carbocycles. The molecule has 566 valence electrons. The summed E-state index contributed by atoms with van der Waals surface area (Å²) in [7, 11) is -10.0. The molecule has 0 aliphatic heterocycles. The van der Waals surface area contributed by atoms with Crippen molar-refractivity contribution in [3.8, 4) is 0 Å². The number of hydrogen-bond donors (Lipinski definition) is 3. The van der Waals surface area contributed by atoms with Crippen LogP contribution >= 0.6 is 15.6 Å². The normalized spacial score (nSPS) is 14.9. The predicted molar refractivity (Wildman–Crippen MR) is 408 cm³/mol. The van der Waals surface area contributed by atoms with Crippen LogP contribution in [0, 0.1) is 0 Å². The molecule has 0 bridgehead atoms. The molecular formula is C81H130O17P2. The smallest absolute Gasteiger partial charge is 0.462 e. The first-order valence-electron chi connectivity index (χ1n) is 37.4. The Morgan fingerprint density at radius 1 is 0.300 bits per heavy atom. The summed E-state index contributed by atoms with van der Waals surface area (Å²) < 4.78 is 68.2. The van der Waals surface area contributed by atoms with Gasteiger partial charge in [0.25, 0.3) is 0 Å². The van der Waals surface area contributed by atoms with Crippen LogP contribution in [-0.4, -0.2) is 96.7 Å². The van der Waals surface area contributed by atoms with Crippen LogP contribution < -0.4 is 0 Å². The lowest BCUT2D eigenvalue weighted by Crippen LogP contribution is -2.30. The fourth-order valence-corrected chi connectivity index (χ4v) is 10.7. The van der Waals surface area contributed by atoms with E-state index in [-0.39, 0.29) is 25.7 Å². The Bertz CT molecular complexity index is 2570. The van der Waals surface area contributed by atoms with E-state index in [1.165, 1.54) is 6.42 Å². The monoisotopic (exact) mass is 1440 g/mol. The summed E-state index contributed by atoms with van der Waals surface area (Å²) >= 11 is 0. The zero-order valence-corrected chi connectivity index (χ0v) is 63.3. The van der Waals surface area contributed by atoms with Gasteiger partial charge in [-0.3, -0.25) is 37.3 Å². The van der Waals surface area contributed by atoms with Crippen LogP contribution in [0.1, 0.15) is 259 Å². The summed E-state index contributed by atoms with van der Waals surface area (Å²) in [4.78, 5) is 72.7. The van der Waals surface area contributed by atoms with Gasteiger partial charge in [-0.05, 0) is 148 Å². The number of aliphatic hydroxyl groups is 1. The van der Waals surface area contributed by atoms with Crippen molar-refractivity contribution in [1.29, 1.82) is 0 Å². The molecule has 19 heteroatoms. The third kappa shape index (κ3) is 70.8. The van der Waals surface area contributed by atoms with Crippen LogP contribution in [-0.2, 0) is 65.4 Å². The minimum Gasteiger partial charge on any atom is -0.462 e. The minimum atomic E-state index is -5.01. The summed E-state index contributed by atoms with van der Waals surface area (Å²) in [6.07, 6.45) is 83.9. The van der Waals surface area contributed by atoms with Gasteiger partial charge in [0, 0.05) is 19.3 Å². The average Bonchev–Trinajstić information content (AvgIpc) is 0.926. The molecule has 0 aliphatic rings. The van der Waals surface area contributed by atoms with Crippen molar-refractivity contribution in [2.24, 2.45) is 0 Å². The van der Waals surface area contributed by atoms with Gasteiger partial charge in [-0.25, -0.2) is 9.13 Å². The average molecular weight is 1440 g/mol. The number of allylic oxidation sites excluding steroid dienone is 27. The molecule has 0 aliphatic carbocycles. The van der Waals surface area contributed by atoms with E-state index in [9.17, 15) is 43.2 Å². The molecule has 100 heavy (non-hydrogen) atoms.